The van der Waals surface area contributed by atoms with E-state index in [1.54, 1.807) is 18.2 Å². The molecule has 0 aliphatic carbocycles. The summed E-state index contributed by atoms with van der Waals surface area (Å²) < 4.78 is 5.92. The summed E-state index contributed by atoms with van der Waals surface area (Å²) in [5.41, 5.74) is 0.925. The molecule has 0 saturated carbocycles. The molecule has 28 heavy (non-hydrogen) atoms. The Morgan fingerprint density at radius 1 is 1.11 bits per heavy atom. The Bertz CT molecular complexity index is 1200. The van der Waals surface area contributed by atoms with Gasteiger partial charge < -0.3 is 10.1 Å². The lowest BCUT2D eigenvalue weighted by Crippen LogP contribution is -1.93. The summed E-state index contributed by atoms with van der Waals surface area (Å²) in [5, 5.41) is 28.1. The Morgan fingerprint density at radius 3 is 2.71 bits per heavy atom. The molecule has 4 aromatic rings. The van der Waals surface area contributed by atoms with Gasteiger partial charge in [0.15, 0.2) is 0 Å². The van der Waals surface area contributed by atoms with Crippen molar-refractivity contribution >= 4 is 33.6 Å². The number of nitrogens with one attached hydrogen (secondary N) is 2. The smallest absolute Gasteiger partial charge is 0.216 e. The van der Waals surface area contributed by atoms with Crippen LogP contribution >= 0.6 is 11.6 Å². The third kappa shape index (κ3) is 3.77. The highest BCUT2D eigenvalue weighted by atomic mass is 35.5. The van der Waals surface area contributed by atoms with Crippen molar-refractivity contribution in [2.75, 3.05) is 5.32 Å². The number of anilines is 1. The molecule has 4 rings (SSSR count). The Labute approximate surface area is 165 Å². The van der Waals surface area contributed by atoms with Crippen molar-refractivity contribution in [2.24, 2.45) is 0 Å². The first-order valence-electron chi connectivity index (χ1n) is 8.30. The molecular formula is C20H13ClN6O. The summed E-state index contributed by atoms with van der Waals surface area (Å²) in [4.78, 5) is 0. The third-order valence-corrected chi connectivity index (χ3v) is 4.27. The summed E-state index contributed by atoms with van der Waals surface area (Å²) in [6.07, 6.45) is 1.49. The van der Waals surface area contributed by atoms with E-state index < -0.39 is 0 Å². The zero-order valence-corrected chi connectivity index (χ0v) is 15.2. The number of aromatic amines is 1. The van der Waals surface area contributed by atoms with Gasteiger partial charge in [0.25, 0.3) is 0 Å². The van der Waals surface area contributed by atoms with E-state index in [9.17, 15) is 5.26 Å². The molecule has 1 aromatic heterocycles. The molecule has 0 saturated heterocycles. The minimum Gasteiger partial charge on any atom is -0.456 e. The number of fused-ring (bicyclic) bond motifs is 1. The van der Waals surface area contributed by atoms with Gasteiger partial charge in [0.05, 0.1) is 5.02 Å². The van der Waals surface area contributed by atoms with Gasteiger partial charge in [-0.25, -0.2) is 0 Å². The van der Waals surface area contributed by atoms with Crippen LogP contribution in [0.1, 0.15) is 5.82 Å². The third-order valence-electron chi connectivity index (χ3n) is 3.97. The summed E-state index contributed by atoms with van der Waals surface area (Å²) in [6, 6.07) is 21.2. The second-order valence-corrected chi connectivity index (χ2v) is 6.21. The van der Waals surface area contributed by atoms with Crippen molar-refractivity contribution in [1.82, 2.24) is 20.6 Å². The quantitative estimate of drug-likeness (QED) is 0.477. The Morgan fingerprint density at radius 2 is 1.96 bits per heavy atom. The number of benzene rings is 3. The SMILES string of the molecule is N#CC(=CNc1ccc(Oc2ccc3ccccc3c2)c(Cl)c1)c1nn[nH]n1. The number of hydrogen-bond donors (Lipinski definition) is 2. The normalized spacial score (nSPS) is 11.2. The van der Waals surface area contributed by atoms with Crippen LogP contribution in [0.5, 0.6) is 11.5 Å². The first-order chi connectivity index (χ1) is 13.7. The molecule has 3 aromatic carbocycles. The van der Waals surface area contributed by atoms with Gasteiger partial charge in [-0.2, -0.15) is 10.5 Å². The summed E-state index contributed by atoms with van der Waals surface area (Å²) in [7, 11) is 0. The fourth-order valence-corrected chi connectivity index (χ4v) is 2.83. The molecular weight excluding hydrogens is 376 g/mol. The number of nitrogens with zero attached hydrogens (tertiary/aromatic N) is 4. The minimum absolute atomic E-state index is 0.206. The van der Waals surface area contributed by atoms with Gasteiger partial charge in [0.2, 0.25) is 5.82 Å². The van der Waals surface area contributed by atoms with Crippen LogP contribution in [0.15, 0.2) is 66.9 Å². The van der Waals surface area contributed by atoms with E-state index in [0.717, 1.165) is 10.8 Å². The molecule has 0 radical (unpaired) electrons. The molecule has 0 unspecified atom stereocenters. The topological polar surface area (TPSA) is 99.5 Å². The predicted molar refractivity (Wildman–Crippen MR) is 107 cm³/mol. The molecule has 136 valence electrons. The van der Waals surface area contributed by atoms with Crippen molar-refractivity contribution in [3.63, 3.8) is 0 Å². The van der Waals surface area contributed by atoms with Crippen molar-refractivity contribution in [2.45, 2.75) is 0 Å². The van der Waals surface area contributed by atoms with Gasteiger partial charge in [-0.15, -0.1) is 10.2 Å². The van der Waals surface area contributed by atoms with E-state index in [-0.39, 0.29) is 11.4 Å². The minimum atomic E-state index is 0.206. The second-order valence-electron chi connectivity index (χ2n) is 5.81. The van der Waals surface area contributed by atoms with Gasteiger partial charge in [-0.3, -0.25) is 0 Å². The maximum absolute atomic E-state index is 9.19. The van der Waals surface area contributed by atoms with Crippen LogP contribution in [-0.2, 0) is 0 Å². The van der Waals surface area contributed by atoms with Crippen LogP contribution in [0.4, 0.5) is 5.69 Å². The van der Waals surface area contributed by atoms with E-state index >= 15 is 0 Å². The zero-order chi connectivity index (χ0) is 19.3. The van der Waals surface area contributed by atoms with Crippen molar-refractivity contribution in [1.29, 1.82) is 5.26 Å². The van der Waals surface area contributed by atoms with Gasteiger partial charge in [-0.1, -0.05) is 41.9 Å². The average Bonchev–Trinajstić information content (AvgIpc) is 3.25. The standard InChI is InChI=1S/C20H13ClN6O/c21-18-10-16(23-12-15(11-22)20-24-26-27-25-20)6-8-19(18)28-17-7-5-13-3-1-2-4-14(13)9-17/h1-10,12,23H,(H,24,25,26,27). The van der Waals surface area contributed by atoms with Crippen LogP contribution in [0.2, 0.25) is 5.02 Å². The Hall–Kier alpha value is -3.89. The van der Waals surface area contributed by atoms with E-state index in [0.29, 0.717) is 22.2 Å². The lowest BCUT2D eigenvalue weighted by molar-refractivity contribution is 0.484. The maximum Gasteiger partial charge on any atom is 0.216 e. The maximum atomic E-state index is 9.19. The van der Waals surface area contributed by atoms with E-state index in [1.165, 1.54) is 6.20 Å². The summed E-state index contributed by atoms with van der Waals surface area (Å²) >= 11 is 6.36. The summed E-state index contributed by atoms with van der Waals surface area (Å²) in [5.74, 6) is 1.44. The van der Waals surface area contributed by atoms with E-state index in [2.05, 4.69) is 25.9 Å². The monoisotopic (exact) mass is 388 g/mol. The Kier molecular flexibility index (Phi) is 4.87. The molecule has 0 spiro atoms. The molecule has 8 heteroatoms. The number of tetrazole rings is 1. The highest BCUT2D eigenvalue weighted by molar-refractivity contribution is 6.32. The lowest BCUT2D eigenvalue weighted by atomic mass is 10.1. The van der Waals surface area contributed by atoms with Crippen LogP contribution in [0.25, 0.3) is 16.3 Å². The molecule has 7 nitrogen and oxygen atoms in total. The number of aromatic nitrogens is 4. The average molecular weight is 389 g/mol. The van der Waals surface area contributed by atoms with Crippen LogP contribution in [0.3, 0.4) is 0 Å². The molecule has 0 amide bonds. The first kappa shape index (κ1) is 17.5. The van der Waals surface area contributed by atoms with Gasteiger partial charge in [0, 0.05) is 11.9 Å². The molecule has 0 aliphatic rings. The zero-order valence-electron chi connectivity index (χ0n) is 14.4. The second kappa shape index (κ2) is 7.78. The summed E-state index contributed by atoms with van der Waals surface area (Å²) in [6.45, 7) is 0. The number of rotatable bonds is 5. The largest absolute Gasteiger partial charge is 0.456 e. The fraction of sp³-hybridized carbons (Fsp3) is 0. The lowest BCUT2D eigenvalue weighted by Gasteiger charge is -2.10. The number of allylic oxidation sites excluding steroid dienone is 1. The number of halogens is 1. The number of ether oxygens (including phenoxy) is 1. The molecule has 0 atom stereocenters. The highest BCUT2D eigenvalue weighted by Gasteiger charge is 2.08. The molecule has 2 N–H and O–H groups in total. The van der Waals surface area contributed by atoms with Crippen LogP contribution < -0.4 is 10.1 Å². The number of hydrogen-bond acceptors (Lipinski definition) is 6. The fourth-order valence-electron chi connectivity index (χ4n) is 2.61. The first-order valence-corrected chi connectivity index (χ1v) is 8.67. The predicted octanol–water partition coefficient (Wildman–Crippen LogP) is 4.78. The van der Waals surface area contributed by atoms with Crippen molar-refractivity contribution in [3.05, 3.63) is 77.7 Å². The number of nitriles is 1. The van der Waals surface area contributed by atoms with E-state index in [4.69, 9.17) is 16.3 Å². The highest BCUT2D eigenvalue weighted by Crippen LogP contribution is 2.33. The Balaban J connectivity index is 1.52. The molecule has 0 bridgehead atoms. The number of H-pyrrole nitrogens is 1. The van der Waals surface area contributed by atoms with Gasteiger partial charge in [-0.05, 0) is 46.3 Å². The van der Waals surface area contributed by atoms with Crippen molar-refractivity contribution in [3.8, 4) is 17.6 Å². The molecule has 1 heterocycles. The van der Waals surface area contributed by atoms with Crippen LogP contribution in [-0.4, -0.2) is 20.6 Å². The van der Waals surface area contributed by atoms with Gasteiger partial charge in [0.1, 0.15) is 23.1 Å². The van der Waals surface area contributed by atoms with Crippen molar-refractivity contribution < 1.29 is 4.74 Å². The molecule has 0 aliphatic heterocycles. The van der Waals surface area contributed by atoms with Crippen LogP contribution in [0, 0.1) is 11.3 Å². The van der Waals surface area contributed by atoms with Gasteiger partial charge >= 0.3 is 0 Å². The molecule has 0 fully saturated rings. The van der Waals surface area contributed by atoms with E-state index in [1.807, 2.05) is 48.5 Å².